The average molecular weight is 245 g/mol. The zero-order valence-corrected chi connectivity index (χ0v) is 10.4. The number of hydrogen-bond donors (Lipinski definition) is 3. The van der Waals surface area contributed by atoms with Crippen molar-refractivity contribution in [2.24, 2.45) is 0 Å². The minimum absolute atomic E-state index is 0.0250. The fourth-order valence-corrected chi connectivity index (χ4v) is 2.36. The maximum Gasteiger partial charge on any atom is 0.261 e. The molecule has 1 rings (SSSR count). The Kier molecular flexibility index (Phi) is 4.63. The minimum atomic E-state index is -0.399. The number of carbonyl (C=O) groups is 1. The highest BCUT2D eigenvalue weighted by Gasteiger charge is 2.12. The summed E-state index contributed by atoms with van der Waals surface area (Å²) in [5.41, 5.74) is 0. The van der Waals surface area contributed by atoms with Crippen LogP contribution < -0.4 is 5.32 Å². The van der Waals surface area contributed by atoms with Gasteiger partial charge in [-0.3, -0.25) is 4.79 Å². The Hall–Kier alpha value is -0.520. The van der Waals surface area contributed by atoms with Gasteiger partial charge in [0.05, 0.1) is 11.0 Å². The lowest BCUT2D eigenvalue weighted by Gasteiger charge is -2.14. The van der Waals surface area contributed by atoms with Gasteiger partial charge in [0.2, 0.25) is 0 Å². The monoisotopic (exact) mass is 245 g/mol. The van der Waals surface area contributed by atoms with Crippen LogP contribution in [0.2, 0.25) is 0 Å². The minimum Gasteiger partial charge on any atom is -0.393 e. The van der Waals surface area contributed by atoms with E-state index in [1.54, 1.807) is 13.0 Å². The number of hydrogen-bond acceptors (Lipinski definition) is 4. The Balaban J connectivity index is 2.49. The number of aliphatic hydroxyl groups excluding tert-OH is 1. The fourth-order valence-electron chi connectivity index (χ4n) is 1.31. The lowest BCUT2D eigenvalue weighted by atomic mass is 10.1. The molecule has 0 saturated heterocycles. The molecule has 5 heteroatoms. The molecular weight excluding hydrogens is 230 g/mol. The molecule has 0 spiro atoms. The summed E-state index contributed by atoms with van der Waals surface area (Å²) >= 11 is 5.50. The topological polar surface area (TPSA) is 49.3 Å². The van der Waals surface area contributed by atoms with Crippen molar-refractivity contribution < 1.29 is 9.90 Å². The first-order valence-corrected chi connectivity index (χ1v) is 6.08. The van der Waals surface area contributed by atoms with Crippen molar-refractivity contribution in [3.8, 4) is 0 Å². The van der Waals surface area contributed by atoms with Gasteiger partial charge in [0.1, 0.15) is 0 Å². The van der Waals surface area contributed by atoms with Crippen molar-refractivity contribution in [2.75, 3.05) is 0 Å². The molecule has 1 aromatic rings. The lowest BCUT2D eigenvalue weighted by Crippen LogP contribution is -2.34. The van der Waals surface area contributed by atoms with Crippen LogP contribution in [0.1, 0.15) is 29.9 Å². The molecule has 0 bridgehead atoms. The van der Waals surface area contributed by atoms with Crippen molar-refractivity contribution in [3.63, 3.8) is 0 Å². The van der Waals surface area contributed by atoms with Gasteiger partial charge < -0.3 is 10.4 Å². The highest BCUT2D eigenvalue weighted by molar-refractivity contribution is 7.80. The first-order valence-electron chi connectivity index (χ1n) is 4.75. The third kappa shape index (κ3) is 4.24. The molecule has 2 unspecified atom stereocenters. The van der Waals surface area contributed by atoms with Gasteiger partial charge in [0.25, 0.3) is 5.91 Å². The van der Waals surface area contributed by atoms with Crippen molar-refractivity contribution in [3.05, 3.63) is 16.3 Å². The highest BCUT2D eigenvalue weighted by Crippen LogP contribution is 2.17. The van der Waals surface area contributed by atoms with Crippen LogP contribution in [0, 0.1) is 0 Å². The SMILES string of the molecule is CC(O)CC(C)NC(=O)c1cc(S)cs1. The summed E-state index contributed by atoms with van der Waals surface area (Å²) in [6.45, 7) is 3.58. The van der Waals surface area contributed by atoms with Gasteiger partial charge in [-0.2, -0.15) is 0 Å². The van der Waals surface area contributed by atoms with Crippen LogP contribution in [0.25, 0.3) is 0 Å². The van der Waals surface area contributed by atoms with Gasteiger partial charge in [-0.1, -0.05) is 0 Å². The van der Waals surface area contributed by atoms with E-state index in [4.69, 9.17) is 5.11 Å². The third-order valence-electron chi connectivity index (χ3n) is 1.88. The van der Waals surface area contributed by atoms with Crippen LogP contribution in [0.3, 0.4) is 0 Å². The summed E-state index contributed by atoms with van der Waals surface area (Å²) in [6, 6.07) is 1.71. The van der Waals surface area contributed by atoms with Gasteiger partial charge in [0, 0.05) is 16.3 Å². The standard InChI is InChI=1S/C10H15NO2S2/c1-6(3-7(2)12)11-10(13)9-4-8(14)5-15-9/h4-7,12,14H,3H2,1-2H3,(H,11,13). The van der Waals surface area contributed by atoms with E-state index < -0.39 is 6.10 Å². The Morgan fingerprint density at radius 3 is 2.80 bits per heavy atom. The molecule has 1 amide bonds. The Morgan fingerprint density at radius 1 is 1.67 bits per heavy atom. The number of thiophene rings is 1. The van der Waals surface area contributed by atoms with Crippen LogP contribution in [-0.2, 0) is 0 Å². The van der Waals surface area contributed by atoms with Gasteiger partial charge in [-0.05, 0) is 26.3 Å². The van der Waals surface area contributed by atoms with Crippen molar-refractivity contribution >= 4 is 29.9 Å². The van der Waals surface area contributed by atoms with E-state index in [2.05, 4.69) is 17.9 Å². The zero-order chi connectivity index (χ0) is 11.4. The summed E-state index contributed by atoms with van der Waals surface area (Å²) in [7, 11) is 0. The largest absolute Gasteiger partial charge is 0.393 e. The number of carbonyl (C=O) groups excluding carboxylic acids is 1. The summed E-state index contributed by atoms with van der Waals surface area (Å²) < 4.78 is 0. The number of nitrogens with one attached hydrogen (secondary N) is 1. The molecule has 0 aliphatic heterocycles. The second kappa shape index (κ2) is 5.53. The summed E-state index contributed by atoms with van der Waals surface area (Å²) in [6.07, 6.45) is 0.161. The number of aliphatic hydroxyl groups is 1. The normalized spacial score (nSPS) is 14.7. The lowest BCUT2D eigenvalue weighted by molar-refractivity contribution is 0.0927. The Labute approximate surface area is 98.9 Å². The van der Waals surface area contributed by atoms with Crippen molar-refractivity contribution in [1.29, 1.82) is 0 Å². The number of thiol groups is 1. The smallest absolute Gasteiger partial charge is 0.261 e. The van der Waals surface area contributed by atoms with Crippen LogP contribution in [-0.4, -0.2) is 23.2 Å². The first kappa shape index (κ1) is 12.5. The molecule has 0 radical (unpaired) electrons. The van der Waals surface area contributed by atoms with E-state index in [0.29, 0.717) is 11.3 Å². The summed E-state index contributed by atoms with van der Waals surface area (Å²) in [5.74, 6) is -0.103. The fraction of sp³-hybridized carbons (Fsp3) is 0.500. The van der Waals surface area contributed by atoms with Crippen LogP contribution in [0.5, 0.6) is 0 Å². The zero-order valence-electron chi connectivity index (χ0n) is 8.73. The molecular formula is C10H15NO2S2. The molecule has 1 heterocycles. The average Bonchev–Trinajstić information content (AvgIpc) is 2.49. The highest BCUT2D eigenvalue weighted by atomic mass is 32.1. The Morgan fingerprint density at radius 2 is 2.33 bits per heavy atom. The van der Waals surface area contributed by atoms with Crippen molar-refractivity contribution in [2.45, 2.75) is 37.3 Å². The molecule has 1 aromatic heterocycles. The first-order chi connectivity index (χ1) is 6.99. The van der Waals surface area contributed by atoms with Crippen LogP contribution >= 0.6 is 24.0 Å². The van der Waals surface area contributed by atoms with E-state index in [1.807, 2.05) is 12.3 Å². The molecule has 84 valence electrons. The van der Waals surface area contributed by atoms with Gasteiger partial charge in [0.15, 0.2) is 0 Å². The van der Waals surface area contributed by atoms with Crippen LogP contribution in [0.4, 0.5) is 0 Å². The van der Waals surface area contributed by atoms with E-state index >= 15 is 0 Å². The predicted molar refractivity (Wildman–Crippen MR) is 64.8 cm³/mol. The van der Waals surface area contributed by atoms with E-state index in [-0.39, 0.29) is 11.9 Å². The molecule has 15 heavy (non-hydrogen) atoms. The molecule has 2 atom stereocenters. The van der Waals surface area contributed by atoms with Crippen LogP contribution in [0.15, 0.2) is 16.3 Å². The van der Waals surface area contributed by atoms with E-state index in [9.17, 15) is 4.79 Å². The Bertz CT molecular complexity index is 336. The molecule has 0 aromatic carbocycles. The summed E-state index contributed by atoms with van der Waals surface area (Å²) in [4.78, 5) is 13.1. The second-order valence-corrected chi connectivity index (χ2v) is 5.06. The van der Waals surface area contributed by atoms with Gasteiger partial charge >= 0.3 is 0 Å². The van der Waals surface area contributed by atoms with Gasteiger partial charge in [-0.25, -0.2) is 0 Å². The molecule has 0 aliphatic rings. The van der Waals surface area contributed by atoms with E-state index in [0.717, 1.165) is 4.90 Å². The molecule has 3 nitrogen and oxygen atoms in total. The van der Waals surface area contributed by atoms with Gasteiger partial charge in [-0.15, -0.1) is 24.0 Å². The maximum absolute atomic E-state index is 11.6. The molecule has 2 N–H and O–H groups in total. The van der Waals surface area contributed by atoms with E-state index in [1.165, 1.54) is 11.3 Å². The second-order valence-electron chi connectivity index (χ2n) is 3.63. The predicted octanol–water partition coefficient (Wildman–Crippen LogP) is 1.93. The summed E-state index contributed by atoms with van der Waals surface area (Å²) in [5, 5.41) is 13.8. The van der Waals surface area contributed by atoms with Crippen molar-refractivity contribution in [1.82, 2.24) is 5.32 Å². The number of rotatable bonds is 4. The quantitative estimate of drug-likeness (QED) is 0.710. The molecule has 0 saturated carbocycles. The number of amides is 1. The molecule has 0 fully saturated rings. The molecule has 0 aliphatic carbocycles. The maximum atomic E-state index is 11.6. The third-order valence-corrected chi connectivity index (χ3v) is 3.24.